The summed E-state index contributed by atoms with van der Waals surface area (Å²) in [6.45, 7) is 0.478. The van der Waals surface area contributed by atoms with Gasteiger partial charge in [0, 0.05) is 19.1 Å². The van der Waals surface area contributed by atoms with E-state index in [2.05, 4.69) is 10.5 Å². The summed E-state index contributed by atoms with van der Waals surface area (Å²) in [7, 11) is -1.95. The van der Waals surface area contributed by atoms with Crippen LogP contribution in [0.2, 0.25) is 0 Å². The lowest BCUT2D eigenvalue weighted by molar-refractivity contribution is -0.387. The van der Waals surface area contributed by atoms with Crippen molar-refractivity contribution in [2.24, 2.45) is 5.10 Å². The van der Waals surface area contributed by atoms with Crippen molar-refractivity contribution in [2.75, 3.05) is 25.1 Å². The Morgan fingerprint density at radius 2 is 1.69 bits per heavy atom. The number of benzene rings is 3. The number of anilines is 1. The van der Waals surface area contributed by atoms with Gasteiger partial charge in [-0.25, -0.2) is 13.8 Å². The highest BCUT2D eigenvalue weighted by molar-refractivity contribution is 7.93. The third-order valence-corrected chi connectivity index (χ3v) is 6.92. The summed E-state index contributed by atoms with van der Waals surface area (Å²) in [5.74, 6) is -0.596. The fraction of sp³-hybridized carbons (Fsp3) is 0.160. The first-order valence-corrected chi connectivity index (χ1v) is 12.6. The van der Waals surface area contributed by atoms with Crippen molar-refractivity contribution in [2.45, 2.75) is 11.8 Å². The van der Waals surface area contributed by atoms with Crippen LogP contribution in [-0.2, 0) is 19.6 Å². The Bertz CT molecular complexity index is 1510. The van der Waals surface area contributed by atoms with Gasteiger partial charge >= 0.3 is 5.97 Å². The minimum Gasteiger partial charge on any atom is -0.497 e. The molecular weight excluding hydrogens is 532 g/mol. The Kier molecular flexibility index (Phi) is 9.17. The summed E-state index contributed by atoms with van der Waals surface area (Å²) in [5.41, 5.74) is 2.07. The lowest BCUT2D eigenvalue weighted by Crippen LogP contribution is -2.40. The maximum Gasteiger partial charge on any atom is 0.308 e. The average Bonchev–Trinajstić information content (AvgIpc) is 2.92. The zero-order valence-electron chi connectivity index (χ0n) is 21.1. The Morgan fingerprint density at radius 1 is 1.03 bits per heavy atom. The molecule has 0 aromatic heterocycles. The van der Waals surface area contributed by atoms with Gasteiger partial charge in [-0.1, -0.05) is 12.1 Å². The molecule has 0 atom stereocenters. The first kappa shape index (κ1) is 28.6. The number of hydrogen-bond acceptors (Lipinski definition) is 10. The minimum absolute atomic E-state index is 0.0423. The van der Waals surface area contributed by atoms with Crippen LogP contribution in [0.5, 0.6) is 17.2 Å². The highest BCUT2D eigenvalue weighted by Gasteiger charge is 2.34. The van der Waals surface area contributed by atoms with Crippen LogP contribution >= 0.6 is 0 Å². The lowest BCUT2D eigenvalue weighted by atomic mass is 10.2. The molecule has 13 nitrogen and oxygen atoms in total. The van der Waals surface area contributed by atoms with Crippen LogP contribution in [0.3, 0.4) is 0 Å². The number of esters is 1. The maximum absolute atomic E-state index is 13.7. The highest BCUT2D eigenvalue weighted by Crippen LogP contribution is 2.37. The summed E-state index contributed by atoms with van der Waals surface area (Å²) in [5, 5.41) is 15.4. The number of methoxy groups -OCH3 is 2. The average molecular weight is 557 g/mol. The fourth-order valence-corrected chi connectivity index (χ4v) is 4.96. The molecule has 0 saturated carbocycles. The minimum atomic E-state index is -4.65. The van der Waals surface area contributed by atoms with Gasteiger partial charge in [0.05, 0.1) is 31.0 Å². The third kappa shape index (κ3) is 7.07. The quantitative estimate of drug-likeness (QED) is 0.123. The number of nitrogens with one attached hydrogen (secondary N) is 1. The molecule has 3 rings (SSSR count). The van der Waals surface area contributed by atoms with Gasteiger partial charge < -0.3 is 14.2 Å². The molecule has 0 unspecified atom stereocenters. The molecule has 0 fully saturated rings. The van der Waals surface area contributed by atoms with E-state index in [9.17, 15) is 28.1 Å². The SMILES string of the molecule is COc1ccc(N(CC(=O)N/N=C/c2ccc(OC(C)=O)cc2)S(=O)(=O)c2ccccc2[N+](=O)[O-])c(OC)c1. The highest BCUT2D eigenvalue weighted by atomic mass is 32.2. The zero-order valence-corrected chi connectivity index (χ0v) is 21.9. The Morgan fingerprint density at radius 3 is 2.31 bits per heavy atom. The van der Waals surface area contributed by atoms with Crippen LogP contribution in [0.25, 0.3) is 0 Å². The number of carbonyl (C=O) groups excluding carboxylic acids is 2. The second-order valence-corrected chi connectivity index (χ2v) is 9.56. The predicted octanol–water partition coefficient (Wildman–Crippen LogP) is 2.88. The number of hydrazone groups is 1. The number of ether oxygens (including phenoxy) is 3. The van der Waals surface area contributed by atoms with E-state index in [-0.39, 0.29) is 11.4 Å². The Labute approximate surface area is 223 Å². The third-order valence-electron chi connectivity index (χ3n) is 5.12. The summed E-state index contributed by atoms with van der Waals surface area (Å²) in [4.78, 5) is 34.0. The van der Waals surface area contributed by atoms with Gasteiger partial charge in [-0.05, 0) is 48.0 Å². The fourth-order valence-electron chi connectivity index (χ4n) is 3.37. The molecule has 204 valence electrons. The van der Waals surface area contributed by atoms with Crippen molar-refractivity contribution >= 4 is 39.5 Å². The monoisotopic (exact) mass is 556 g/mol. The number of amides is 1. The van der Waals surface area contributed by atoms with Crippen molar-refractivity contribution < 1.29 is 37.1 Å². The molecule has 0 heterocycles. The van der Waals surface area contributed by atoms with Gasteiger partial charge in [0.15, 0.2) is 4.90 Å². The van der Waals surface area contributed by atoms with Gasteiger partial charge in [-0.2, -0.15) is 5.10 Å². The number of sulfonamides is 1. The standard InChI is InChI=1S/C25H24N4O9S/c1-17(30)38-19-10-8-18(9-11-19)15-26-27-25(31)16-28(21-13-12-20(36-2)14-23(21)37-3)39(34,35)24-7-5-4-6-22(24)29(32)33/h4-15H,16H2,1-3H3,(H,27,31)/b26-15+. The van der Waals surface area contributed by atoms with E-state index in [1.807, 2.05) is 0 Å². The van der Waals surface area contributed by atoms with E-state index < -0.39 is 44.0 Å². The molecule has 39 heavy (non-hydrogen) atoms. The number of hydrogen-bond donors (Lipinski definition) is 1. The summed E-state index contributed by atoms with van der Waals surface area (Å²) >= 11 is 0. The van der Waals surface area contributed by atoms with Gasteiger partial charge in [0.2, 0.25) is 0 Å². The normalized spacial score (nSPS) is 11.1. The molecule has 0 aliphatic carbocycles. The van der Waals surface area contributed by atoms with E-state index in [1.54, 1.807) is 12.1 Å². The number of carbonyl (C=O) groups is 2. The summed E-state index contributed by atoms with van der Waals surface area (Å²) < 4.78 is 43.5. The second-order valence-electron chi connectivity index (χ2n) is 7.73. The second kappa shape index (κ2) is 12.5. The van der Waals surface area contributed by atoms with Gasteiger partial charge in [0.25, 0.3) is 21.6 Å². The van der Waals surface area contributed by atoms with E-state index in [1.165, 1.54) is 69.8 Å². The molecule has 0 radical (unpaired) electrons. The van der Waals surface area contributed by atoms with Crippen LogP contribution in [0.15, 0.2) is 76.7 Å². The molecule has 3 aromatic carbocycles. The van der Waals surface area contributed by atoms with Crippen molar-refractivity contribution in [3.63, 3.8) is 0 Å². The first-order valence-electron chi connectivity index (χ1n) is 11.2. The van der Waals surface area contributed by atoms with Crippen LogP contribution in [0, 0.1) is 10.1 Å². The van der Waals surface area contributed by atoms with Crippen LogP contribution in [0.1, 0.15) is 12.5 Å². The van der Waals surface area contributed by atoms with Crippen molar-refractivity contribution in [3.8, 4) is 17.2 Å². The maximum atomic E-state index is 13.7. The number of nitro benzene ring substituents is 1. The largest absolute Gasteiger partial charge is 0.497 e. The molecule has 0 aliphatic heterocycles. The number of rotatable bonds is 11. The molecule has 1 amide bonds. The molecule has 0 spiro atoms. The molecule has 0 saturated heterocycles. The number of para-hydroxylation sites is 1. The molecule has 3 aromatic rings. The van der Waals surface area contributed by atoms with Crippen LogP contribution < -0.4 is 23.9 Å². The molecule has 1 N–H and O–H groups in total. The molecular formula is C25H24N4O9S. The smallest absolute Gasteiger partial charge is 0.308 e. The van der Waals surface area contributed by atoms with E-state index >= 15 is 0 Å². The van der Waals surface area contributed by atoms with Gasteiger partial charge in [-0.3, -0.25) is 24.0 Å². The Hall–Kier alpha value is -4.98. The lowest BCUT2D eigenvalue weighted by Gasteiger charge is -2.25. The van der Waals surface area contributed by atoms with Gasteiger partial charge in [0.1, 0.15) is 23.8 Å². The van der Waals surface area contributed by atoms with Crippen molar-refractivity contribution in [3.05, 3.63) is 82.4 Å². The van der Waals surface area contributed by atoms with Crippen LogP contribution in [-0.4, -0.2) is 52.2 Å². The van der Waals surface area contributed by atoms with E-state index in [0.29, 0.717) is 21.4 Å². The van der Waals surface area contributed by atoms with E-state index in [4.69, 9.17) is 14.2 Å². The molecule has 0 aliphatic rings. The predicted molar refractivity (Wildman–Crippen MR) is 141 cm³/mol. The summed E-state index contributed by atoms with van der Waals surface area (Å²) in [6.07, 6.45) is 1.30. The van der Waals surface area contributed by atoms with Crippen LogP contribution in [0.4, 0.5) is 11.4 Å². The van der Waals surface area contributed by atoms with Crippen molar-refractivity contribution in [1.29, 1.82) is 0 Å². The van der Waals surface area contributed by atoms with Crippen molar-refractivity contribution in [1.82, 2.24) is 5.43 Å². The van der Waals surface area contributed by atoms with Gasteiger partial charge in [-0.15, -0.1) is 0 Å². The molecule has 14 heteroatoms. The first-order chi connectivity index (χ1) is 18.6. The number of nitrogens with zero attached hydrogens (tertiary/aromatic N) is 3. The number of nitro groups is 1. The topological polar surface area (TPSA) is 167 Å². The summed E-state index contributed by atoms with van der Waals surface area (Å²) in [6, 6.07) is 15.2. The molecule has 0 bridgehead atoms. The zero-order chi connectivity index (χ0) is 28.6. The Balaban J connectivity index is 1.93. The van der Waals surface area contributed by atoms with E-state index in [0.717, 1.165) is 12.1 Å².